The molecule has 0 spiro atoms. The van der Waals surface area contributed by atoms with Crippen LogP contribution in [-0.4, -0.2) is 27.9 Å². The normalized spacial score (nSPS) is 20.0. The number of nitrogens with zero attached hydrogens (tertiary/aromatic N) is 1. The fourth-order valence-corrected chi connectivity index (χ4v) is 5.80. The highest BCUT2D eigenvalue weighted by molar-refractivity contribution is 7.99. The van der Waals surface area contributed by atoms with Gasteiger partial charge < -0.3 is 19.9 Å². The van der Waals surface area contributed by atoms with E-state index in [0.29, 0.717) is 16.9 Å². The lowest BCUT2D eigenvalue weighted by atomic mass is 9.91. The second-order valence-electron chi connectivity index (χ2n) is 10.2. The van der Waals surface area contributed by atoms with Crippen LogP contribution in [0.15, 0.2) is 78.0 Å². The number of aliphatic hydroxyl groups excluding tert-OH is 1. The predicted molar refractivity (Wildman–Crippen MR) is 152 cm³/mol. The number of amides is 1. The topological polar surface area (TPSA) is 80.7 Å². The van der Waals surface area contributed by atoms with Gasteiger partial charge in [0.15, 0.2) is 29.6 Å². The Kier molecular flexibility index (Phi) is 9.94. The number of carbonyl (C=O) groups is 1. The Morgan fingerprint density at radius 2 is 1.45 bits per heavy atom. The van der Waals surface area contributed by atoms with Gasteiger partial charge in [-0.3, -0.25) is 4.79 Å². The molecular weight excluding hydrogens is 603 g/mol. The second kappa shape index (κ2) is 13.9. The molecule has 6 nitrogen and oxygen atoms in total. The Labute approximate surface area is 254 Å². The average Bonchev–Trinajstić information content (AvgIpc) is 3.06. The number of hydrogen-bond acceptors (Lipinski definition) is 6. The number of pyridine rings is 1. The summed E-state index contributed by atoms with van der Waals surface area (Å²) in [6.07, 6.45) is 0.387. The third-order valence-electron chi connectivity index (χ3n) is 7.30. The quantitative estimate of drug-likeness (QED) is 0.0919. The van der Waals surface area contributed by atoms with E-state index < -0.39 is 46.8 Å². The Morgan fingerprint density at radius 3 is 2.07 bits per heavy atom. The molecule has 0 radical (unpaired) electrons. The van der Waals surface area contributed by atoms with E-state index in [4.69, 9.17) is 9.47 Å². The molecule has 1 amide bonds. The van der Waals surface area contributed by atoms with Gasteiger partial charge >= 0.3 is 0 Å². The second-order valence-corrected chi connectivity index (χ2v) is 11.2. The molecule has 1 aliphatic heterocycles. The lowest BCUT2D eigenvalue weighted by Crippen LogP contribution is -2.38. The van der Waals surface area contributed by atoms with Crippen molar-refractivity contribution in [3.63, 3.8) is 0 Å². The third-order valence-corrected chi connectivity index (χ3v) is 8.33. The zero-order valence-electron chi connectivity index (χ0n) is 23.3. The van der Waals surface area contributed by atoms with E-state index in [1.54, 1.807) is 42.2 Å². The van der Waals surface area contributed by atoms with Crippen molar-refractivity contribution in [3.8, 4) is 0 Å². The fourth-order valence-electron chi connectivity index (χ4n) is 4.78. The summed E-state index contributed by atoms with van der Waals surface area (Å²) < 4.78 is 81.2. The number of benzene rings is 3. The van der Waals surface area contributed by atoms with Gasteiger partial charge in [0.1, 0.15) is 5.56 Å². The minimum atomic E-state index is -2.34. The van der Waals surface area contributed by atoms with E-state index in [1.807, 2.05) is 49.4 Å². The molecular formula is C32H27F5N2O4S. The third kappa shape index (κ3) is 6.78. The largest absolute Gasteiger partial charge is 0.392 e. The number of carbonyl (C=O) groups excluding carboxylic acids is 1. The first-order valence-electron chi connectivity index (χ1n) is 13.6. The molecule has 1 fully saturated rings. The molecule has 1 aliphatic rings. The van der Waals surface area contributed by atoms with Gasteiger partial charge in [-0.05, 0) is 28.8 Å². The van der Waals surface area contributed by atoms with Gasteiger partial charge in [-0.1, -0.05) is 61.5 Å². The Balaban J connectivity index is 1.31. The molecule has 44 heavy (non-hydrogen) atoms. The highest BCUT2D eigenvalue weighted by atomic mass is 32.2. The molecule has 0 bridgehead atoms. The van der Waals surface area contributed by atoms with Crippen molar-refractivity contribution in [2.24, 2.45) is 5.92 Å². The van der Waals surface area contributed by atoms with Crippen LogP contribution < -0.4 is 5.32 Å². The summed E-state index contributed by atoms with van der Waals surface area (Å²) in [6.45, 7) is 1.72. The molecule has 1 saturated heterocycles. The maximum Gasteiger partial charge on any atom is 0.257 e. The number of halogens is 5. The molecule has 230 valence electrons. The van der Waals surface area contributed by atoms with E-state index in [2.05, 4.69) is 10.3 Å². The standard InChI is InChI=1S/C32H27F5N2O4S/c1-17-22(16-44-23-4-2-3-13-38-23)42-32(43-30(17)20-9-7-19(15-40)8-10-20)21-11-5-18(6-12-21)14-39-31(41)24-25(33)27(35)29(37)28(36)26(24)34/h2-13,17,22,30,32,40H,14-16H2,1H3,(H,39,41)/t17-,22+,30+,32+/m0/s1. The van der Waals surface area contributed by atoms with Crippen molar-refractivity contribution >= 4 is 17.7 Å². The van der Waals surface area contributed by atoms with Gasteiger partial charge in [0.25, 0.3) is 5.91 Å². The monoisotopic (exact) mass is 630 g/mol. The highest BCUT2D eigenvalue weighted by Gasteiger charge is 2.38. The van der Waals surface area contributed by atoms with E-state index >= 15 is 0 Å². The summed E-state index contributed by atoms with van der Waals surface area (Å²) in [4.78, 5) is 16.7. The van der Waals surface area contributed by atoms with Crippen LogP contribution >= 0.6 is 11.8 Å². The summed E-state index contributed by atoms with van der Waals surface area (Å²) in [6, 6.07) is 19.8. The molecule has 0 saturated carbocycles. The smallest absolute Gasteiger partial charge is 0.257 e. The molecule has 4 aromatic rings. The van der Waals surface area contributed by atoms with Crippen LogP contribution in [0.1, 0.15) is 51.9 Å². The van der Waals surface area contributed by atoms with Gasteiger partial charge in [0, 0.05) is 30.0 Å². The SMILES string of the molecule is C[C@H]1[C@@H](CSc2ccccn2)O[C@@H](c2ccc(CNC(=O)c3c(F)c(F)c(F)c(F)c3F)cc2)O[C@H]1c1ccc(CO)cc1. The van der Waals surface area contributed by atoms with Crippen LogP contribution in [0.2, 0.25) is 0 Å². The number of thioether (sulfide) groups is 1. The number of nitrogens with one attached hydrogen (secondary N) is 1. The molecule has 5 rings (SSSR count). The zero-order chi connectivity index (χ0) is 31.4. The van der Waals surface area contributed by atoms with E-state index in [0.717, 1.165) is 16.2 Å². The van der Waals surface area contributed by atoms with Gasteiger partial charge in [-0.15, -0.1) is 11.8 Å². The zero-order valence-corrected chi connectivity index (χ0v) is 24.1. The van der Waals surface area contributed by atoms with E-state index in [1.165, 1.54) is 0 Å². The summed E-state index contributed by atoms with van der Waals surface area (Å²) in [7, 11) is 0. The lowest BCUT2D eigenvalue weighted by Gasteiger charge is -2.41. The predicted octanol–water partition coefficient (Wildman–Crippen LogP) is 6.78. The molecule has 2 heterocycles. The molecule has 0 aliphatic carbocycles. The number of aliphatic hydroxyl groups is 1. The first-order valence-corrected chi connectivity index (χ1v) is 14.6. The van der Waals surface area contributed by atoms with Gasteiger partial charge in [-0.2, -0.15) is 0 Å². The van der Waals surface area contributed by atoms with Gasteiger partial charge in [0.2, 0.25) is 5.82 Å². The average molecular weight is 631 g/mol. The molecule has 1 aromatic heterocycles. The van der Waals surface area contributed by atoms with Gasteiger partial charge in [-0.25, -0.2) is 26.9 Å². The summed E-state index contributed by atoms with van der Waals surface area (Å²) in [5.74, 6) is -12.0. The lowest BCUT2D eigenvalue weighted by molar-refractivity contribution is -0.268. The fraction of sp³-hybridized carbons (Fsp3) is 0.250. The molecule has 4 atom stereocenters. The van der Waals surface area contributed by atoms with Crippen molar-refractivity contribution in [2.45, 2.75) is 43.6 Å². The Bertz CT molecular complexity index is 1580. The maximum atomic E-state index is 14.0. The van der Waals surface area contributed by atoms with E-state index in [9.17, 15) is 31.9 Å². The molecule has 3 aromatic carbocycles. The van der Waals surface area contributed by atoms with Crippen LogP contribution in [-0.2, 0) is 22.6 Å². The van der Waals surface area contributed by atoms with Crippen LogP contribution in [0.4, 0.5) is 22.0 Å². The van der Waals surface area contributed by atoms with Crippen LogP contribution in [0.5, 0.6) is 0 Å². The minimum Gasteiger partial charge on any atom is -0.392 e. The van der Waals surface area contributed by atoms with Crippen LogP contribution in [0.25, 0.3) is 0 Å². The molecule has 0 unspecified atom stereocenters. The summed E-state index contributed by atoms with van der Waals surface area (Å²) in [5, 5.41) is 12.5. The number of hydrogen-bond donors (Lipinski definition) is 2. The first kappa shape index (κ1) is 31.6. The van der Waals surface area contributed by atoms with Crippen LogP contribution in [0, 0.1) is 35.0 Å². The van der Waals surface area contributed by atoms with Gasteiger partial charge in [0.05, 0.1) is 23.8 Å². The molecule has 2 N–H and O–H groups in total. The molecule has 12 heteroatoms. The van der Waals surface area contributed by atoms with Crippen LogP contribution in [0.3, 0.4) is 0 Å². The summed E-state index contributed by atoms with van der Waals surface area (Å²) >= 11 is 1.56. The Morgan fingerprint density at radius 1 is 0.841 bits per heavy atom. The number of aromatic nitrogens is 1. The van der Waals surface area contributed by atoms with Crippen molar-refractivity contribution in [3.05, 3.63) is 130 Å². The minimum absolute atomic E-state index is 0.0427. The van der Waals surface area contributed by atoms with Crippen molar-refractivity contribution in [1.29, 1.82) is 0 Å². The number of ether oxygens (including phenoxy) is 2. The maximum absolute atomic E-state index is 14.0. The van der Waals surface area contributed by atoms with Crippen molar-refractivity contribution in [2.75, 3.05) is 5.75 Å². The van der Waals surface area contributed by atoms with Crippen molar-refractivity contribution in [1.82, 2.24) is 10.3 Å². The van der Waals surface area contributed by atoms with E-state index in [-0.39, 0.29) is 31.3 Å². The summed E-state index contributed by atoms with van der Waals surface area (Å²) in [5.41, 5.74) is 1.30. The first-order chi connectivity index (χ1) is 21.2. The highest BCUT2D eigenvalue weighted by Crippen LogP contribution is 2.43. The van der Waals surface area contributed by atoms with Crippen molar-refractivity contribution < 1.29 is 41.3 Å². The number of rotatable bonds is 9. The Hall–Kier alpha value is -3.84.